The molecule has 2 aromatic heterocycles. The third kappa shape index (κ3) is 5.10. The lowest BCUT2D eigenvalue weighted by Gasteiger charge is -2.11. The van der Waals surface area contributed by atoms with E-state index >= 15 is 0 Å². The highest BCUT2D eigenvalue weighted by atomic mass is 32.2. The van der Waals surface area contributed by atoms with Crippen LogP contribution in [0.4, 0.5) is 9.93 Å². The number of thiazole rings is 1. The Morgan fingerprint density at radius 2 is 1.91 bits per heavy atom. The molecule has 0 radical (unpaired) electrons. The molecule has 0 aliphatic carbocycles. The van der Waals surface area contributed by atoms with E-state index in [1.807, 2.05) is 24.3 Å². The van der Waals surface area contributed by atoms with E-state index in [4.69, 9.17) is 0 Å². The summed E-state index contributed by atoms with van der Waals surface area (Å²) in [5, 5.41) is 15.8. The van der Waals surface area contributed by atoms with Crippen LogP contribution in [0.2, 0.25) is 0 Å². The minimum absolute atomic E-state index is 0.00850. The predicted octanol–water partition coefficient (Wildman–Crippen LogP) is 3.62. The summed E-state index contributed by atoms with van der Waals surface area (Å²) in [5.74, 6) is 0. The number of aromatic nitrogens is 2. The van der Waals surface area contributed by atoms with E-state index in [-0.39, 0.29) is 11.4 Å². The van der Waals surface area contributed by atoms with E-state index < -0.39 is 22.0 Å². The molecule has 2 heterocycles. The first kappa shape index (κ1) is 21.9. The Kier molecular flexibility index (Phi) is 6.17. The maximum atomic E-state index is 12.2. The van der Waals surface area contributed by atoms with Crippen molar-refractivity contribution in [1.29, 1.82) is 0 Å². The maximum absolute atomic E-state index is 12.2. The zero-order chi connectivity index (χ0) is 22.7. The standard InChI is InChI=1S/C22H20N4O4S2/c1-32(29,30)16-6-4-5-14(11-16)15-8-9-18-20(12-15)31-22(25-18)26-21(28)24-13-19(27)17-7-2-3-10-23-17/h2-12,19,27H,13H2,1H3,(H2,24,25,26,28). The highest BCUT2D eigenvalue weighted by Crippen LogP contribution is 2.31. The normalized spacial score (nSPS) is 12.4. The van der Waals surface area contributed by atoms with Crippen LogP contribution in [0.15, 0.2) is 71.8 Å². The molecule has 8 nitrogen and oxygen atoms in total. The quantitative estimate of drug-likeness (QED) is 0.397. The van der Waals surface area contributed by atoms with Crippen molar-refractivity contribution in [3.63, 3.8) is 0 Å². The molecule has 1 atom stereocenters. The maximum Gasteiger partial charge on any atom is 0.321 e. The summed E-state index contributed by atoms with van der Waals surface area (Å²) < 4.78 is 24.5. The van der Waals surface area contributed by atoms with Crippen LogP contribution in [-0.2, 0) is 9.84 Å². The fourth-order valence-electron chi connectivity index (χ4n) is 3.07. The molecule has 32 heavy (non-hydrogen) atoms. The molecule has 0 aliphatic heterocycles. The van der Waals surface area contributed by atoms with Gasteiger partial charge in [-0.25, -0.2) is 18.2 Å². The number of hydrogen-bond acceptors (Lipinski definition) is 7. The highest BCUT2D eigenvalue weighted by molar-refractivity contribution is 7.90. The number of sulfone groups is 1. The van der Waals surface area contributed by atoms with Gasteiger partial charge in [-0.15, -0.1) is 0 Å². The Morgan fingerprint density at radius 1 is 1.09 bits per heavy atom. The Labute approximate surface area is 188 Å². The number of aliphatic hydroxyl groups excluding tert-OH is 1. The molecular weight excluding hydrogens is 448 g/mol. The number of anilines is 1. The summed E-state index contributed by atoms with van der Waals surface area (Å²) in [6.07, 6.45) is 1.84. The second-order valence-electron chi connectivity index (χ2n) is 7.11. The number of amides is 2. The van der Waals surface area contributed by atoms with Gasteiger partial charge in [-0.1, -0.05) is 35.6 Å². The van der Waals surface area contributed by atoms with Gasteiger partial charge in [0.25, 0.3) is 0 Å². The molecule has 4 rings (SSSR count). The van der Waals surface area contributed by atoms with Gasteiger partial charge in [-0.2, -0.15) is 0 Å². The first-order valence-electron chi connectivity index (χ1n) is 9.64. The molecule has 0 saturated heterocycles. The monoisotopic (exact) mass is 468 g/mol. The molecule has 0 aliphatic rings. The summed E-state index contributed by atoms with van der Waals surface area (Å²) in [6, 6.07) is 17.0. The van der Waals surface area contributed by atoms with Crippen LogP contribution >= 0.6 is 11.3 Å². The molecule has 2 amide bonds. The molecular formula is C22H20N4O4S2. The van der Waals surface area contributed by atoms with Gasteiger partial charge >= 0.3 is 6.03 Å². The van der Waals surface area contributed by atoms with Crippen LogP contribution in [0.1, 0.15) is 11.8 Å². The molecule has 0 bridgehead atoms. The number of rotatable bonds is 6. The number of pyridine rings is 1. The average molecular weight is 469 g/mol. The number of carbonyl (C=O) groups excluding carboxylic acids is 1. The van der Waals surface area contributed by atoms with E-state index in [1.54, 1.807) is 42.6 Å². The SMILES string of the molecule is CS(=O)(=O)c1cccc(-c2ccc3nc(NC(=O)NCC(O)c4ccccn4)sc3c2)c1. The highest BCUT2D eigenvalue weighted by Gasteiger charge is 2.13. The van der Waals surface area contributed by atoms with Crippen molar-refractivity contribution < 1.29 is 18.3 Å². The van der Waals surface area contributed by atoms with Gasteiger partial charge in [0.1, 0.15) is 6.10 Å². The lowest BCUT2D eigenvalue weighted by Crippen LogP contribution is -2.32. The molecule has 1 unspecified atom stereocenters. The van der Waals surface area contributed by atoms with Crippen molar-refractivity contribution in [2.24, 2.45) is 0 Å². The van der Waals surface area contributed by atoms with Crippen LogP contribution in [0, 0.1) is 0 Å². The van der Waals surface area contributed by atoms with Gasteiger partial charge in [0.15, 0.2) is 15.0 Å². The molecule has 4 aromatic rings. The summed E-state index contributed by atoms with van der Waals surface area (Å²) in [7, 11) is -3.30. The van der Waals surface area contributed by atoms with Crippen LogP contribution < -0.4 is 10.6 Å². The topological polar surface area (TPSA) is 121 Å². The van der Waals surface area contributed by atoms with Crippen molar-refractivity contribution >= 4 is 42.6 Å². The van der Waals surface area contributed by atoms with Crippen molar-refractivity contribution in [3.8, 4) is 11.1 Å². The molecule has 164 valence electrons. The molecule has 0 spiro atoms. The number of fused-ring (bicyclic) bond motifs is 1. The van der Waals surface area contributed by atoms with E-state index in [9.17, 15) is 18.3 Å². The molecule has 3 N–H and O–H groups in total. The zero-order valence-corrected chi connectivity index (χ0v) is 18.7. The van der Waals surface area contributed by atoms with Crippen LogP contribution in [0.5, 0.6) is 0 Å². The number of nitrogens with one attached hydrogen (secondary N) is 2. The van der Waals surface area contributed by atoms with Crippen LogP contribution in [0.3, 0.4) is 0 Å². The molecule has 0 fully saturated rings. The summed E-state index contributed by atoms with van der Waals surface area (Å²) in [4.78, 5) is 20.9. The number of hydrogen-bond donors (Lipinski definition) is 3. The van der Waals surface area contributed by atoms with Crippen molar-refractivity contribution in [3.05, 3.63) is 72.6 Å². The van der Waals surface area contributed by atoms with Crippen LogP contribution in [-0.4, -0.2) is 42.3 Å². The smallest absolute Gasteiger partial charge is 0.321 e. The lowest BCUT2D eigenvalue weighted by molar-refractivity contribution is 0.171. The number of aliphatic hydroxyl groups is 1. The number of carbonyl (C=O) groups is 1. The van der Waals surface area contributed by atoms with Gasteiger partial charge in [-0.3, -0.25) is 10.3 Å². The largest absolute Gasteiger partial charge is 0.385 e. The van der Waals surface area contributed by atoms with E-state index in [0.29, 0.717) is 16.3 Å². The van der Waals surface area contributed by atoms with E-state index in [2.05, 4.69) is 20.6 Å². The molecule has 2 aromatic carbocycles. The third-order valence-corrected chi connectivity index (χ3v) is 6.73. The Bertz CT molecular complexity index is 1370. The average Bonchev–Trinajstić information content (AvgIpc) is 3.19. The third-order valence-electron chi connectivity index (χ3n) is 4.69. The van der Waals surface area contributed by atoms with Gasteiger partial charge in [0.05, 0.1) is 27.4 Å². The van der Waals surface area contributed by atoms with Gasteiger partial charge in [-0.05, 0) is 47.5 Å². The zero-order valence-electron chi connectivity index (χ0n) is 17.0. The summed E-state index contributed by atoms with van der Waals surface area (Å²) in [5.41, 5.74) is 2.81. The molecule has 0 saturated carbocycles. The predicted molar refractivity (Wildman–Crippen MR) is 124 cm³/mol. The minimum atomic E-state index is -3.30. The van der Waals surface area contributed by atoms with Crippen molar-refractivity contribution in [1.82, 2.24) is 15.3 Å². The van der Waals surface area contributed by atoms with Crippen molar-refractivity contribution in [2.45, 2.75) is 11.0 Å². The Balaban J connectivity index is 1.46. The van der Waals surface area contributed by atoms with E-state index in [1.165, 1.54) is 17.6 Å². The number of benzene rings is 2. The van der Waals surface area contributed by atoms with Gasteiger partial charge in [0, 0.05) is 12.5 Å². The number of nitrogens with zero attached hydrogens (tertiary/aromatic N) is 2. The number of urea groups is 1. The first-order chi connectivity index (χ1) is 15.3. The Hall–Kier alpha value is -3.34. The molecule has 10 heteroatoms. The fourth-order valence-corrected chi connectivity index (χ4v) is 4.64. The minimum Gasteiger partial charge on any atom is -0.385 e. The summed E-state index contributed by atoms with van der Waals surface area (Å²) >= 11 is 1.30. The second kappa shape index (κ2) is 9.03. The fraction of sp³-hybridized carbons (Fsp3) is 0.136. The first-order valence-corrected chi connectivity index (χ1v) is 12.4. The van der Waals surface area contributed by atoms with Gasteiger partial charge < -0.3 is 10.4 Å². The lowest BCUT2D eigenvalue weighted by atomic mass is 10.1. The van der Waals surface area contributed by atoms with Gasteiger partial charge in [0.2, 0.25) is 0 Å². The Morgan fingerprint density at radius 3 is 2.66 bits per heavy atom. The van der Waals surface area contributed by atoms with E-state index in [0.717, 1.165) is 15.8 Å². The summed E-state index contributed by atoms with van der Waals surface area (Å²) in [6.45, 7) is 0.00850. The second-order valence-corrected chi connectivity index (χ2v) is 10.2. The van der Waals surface area contributed by atoms with Crippen molar-refractivity contribution in [2.75, 3.05) is 18.1 Å². The van der Waals surface area contributed by atoms with Crippen LogP contribution in [0.25, 0.3) is 21.3 Å².